The van der Waals surface area contributed by atoms with E-state index in [-0.39, 0.29) is 24.8 Å². The number of hydrogen-bond donors (Lipinski definition) is 2. The van der Waals surface area contributed by atoms with Crippen molar-refractivity contribution < 1.29 is 9.84 Å². The molecule has 1 aliphatic rings. The molecule has 1 aliphatic heterocycles. The Labute approximate surface area is 125 Å². The van der Waals surface area contributed by atoms with Gasteiger partial charge in [0, 0.05) is 24.1 Å². The fourth-order valence-corrected chi connectivity index (χ4v) is 2.84. The molecule has 2 aromatic rings. The Morgan fingerprint density at radius 2 is 1.86 bits per heavy atom. The number of aliphatic hydroxyl groups is 1. The maximum Gasteiger partial charge on any atom is 0.126 e. The Bertz CT molecular complexity index is 585. The minimum Gasteiger partial charge on any atom is -0.485 e. The van der Waals surface area contributed by atoms with Gasteiger partial charge in [-0.3, -0.25) is 0 Å². The minimum absolute atomic E-state index is 0.0458. The molecule has 3 atom stereocenters. The second kappa shape index (κ2) is 6.29. The van der Waals surface area contributed by atoms with Crippen LogP contribution in [0.1, 0.15) is 36.6 Å². The molecule has 2 N–H and O–H groups in total. The summed E-state index contributed by atoms with van der Waals surface area (Å²) in [6.45, 7) is 2.13. The predicted octanol–water partition coefficient (Wildman–Crippen LogP) is 3.22. The normalized spacial score (nSPS) is 22.2. The van der Waals surface area contributed by atoms with Crippen LogP contribution in [0, 0.1) is 0 Å². The monoisotopic (exact) mass is 283 g/mol. The van der Waals surface area contributed by atoms with Gasteiger partial charge in [-0.25, -0.2) is 0 Å². The highest BCUT2D eigenvalue weighted by atomic mass is 16.5. The van der Waals surface area contributed by atoms with Crippen LogP contribution in [0.2, 0.25) is 0 Å². The molecule has 2 aromatic carbocycles. The van der Waals surface area contributed by atoms with Crippen LogP contribution in [0.25, 0.3) is 0 Å². The molecule has 110 valence electrons. The third kappa shape index (κ3) is 3.09. The molecule has 0 aromatic heterocycles. The number of ether oxygens (including phenoxy) is 1. The van der Waals surface area contributed by atoms with Crippen molar-refractivity contribution in [1.82, 2.24) is 5.32 Å². The molecule has 0 fully saturated rings. The number of para-hydroxylation sites is 1. The highest BCUT2D eigenvalue weighted by Crippen LogP contribution is 2.40. The first-order valence-electron chi connectivity index (χ1n) is 7.45. The van der Waals surface area contributed by atoms with Gasteiger partial charge in [0.05, 0.1) is 6.61 Å². The summed E-state index contributed by atoms with van der Waals surface area (Å²) < 4.78 is 6.16. The van der Waals surface area contributed by atoms with E-state index in [0.29, 0.717) is 0 Å². The van der Waals surface area contributed by atoms with Crippen molar-refractivity contribution in [3.63, 3.8) is 0 Å². The average molecular weight is 283 g/mol. The first-order valence-corrected chi connectivity index (χ1v) is 7.45. The smallest absolute Gasteiger partial charge is 0.126 e. The van der Waals surface area contributed by atoms with E-state index < -0.39 is 0 Å². The Kier molecular flexibility index (Phi) is 4.23. The number of hydrogen-bond acceptors (Lipinski definition) is 3. The van der Waals surface area contributed by atoms with Crippen LogP contribution in [-0.2, 0) is 0 Å². The topological polar surface area (TPSA) is 41.5 Å². The minimum atomic E-state index is 0.0458. The molecule has 1 heterocycles. The van der Waals surface area contributed by atoms with E-state index in [0.717, 1.165) is 12.2 Å². The van der Waals surface area contributed by atoms with E-state index in [1.54, 1.807) is 0 Å². The van der Waals surface area contributed by atoms with Crippen molar-refractivity contribution >= 4 is 0 Å². The van der Waals surface area contributed by atoms with Crippen LogP contribution in [0.5, 0.6) is 5.75 Å². The number of nitrogens with one attached hydrogen (secondary N) is 1. The van der Waals surface area contributed by atoms with Crippen LogP contribution in [0.15, 0.2) is 54.6 Å². The molecule has 0 radical (unpaired) electrons. The van der Waals surface area contributed by atoms with Gasteiger partial charge in [-0.15, -0.1) is 0 Å². The molecule has 0 saturated heterocycles. The molecule has 0 saturated carbocycles. The zero-order chi connectivity index (χ0) is 14.7. The van der Waals surface area contributed by atoms with Crippen LogP contribution < -0.4 is 10.1 Å². The van der Waals surface area contributed by atoms with E-state index in [1.807, 2.05) is 43.3 Å². The van der Waals surface area contributed by atoms with Crippen molar-refractivity contribution in [3.05, 3.63) is 65.7 Å². The third-order valence-electron chi connectivity index (χ3n) is 3.94. The third-order valence-corrected chi connectivity index (χ3v) is 3.94. The molecule has 0 unspecified atom stereocenters. The van der Waals surface area contributed by atoms with E-state index >= 15 is 0 Å². The van der Waals surface area contributed by atoms with Crippen molar-refractivity contribution in [2.45, 2.75) is 31.5 Å². The lowest BCUT2D eigenvalue weighted by Gasteiger charge is -2.34. The van der Waals surface area contributed by atoms with Gasteiger partial charge in [-0.2, -0.15) is 0 Å². The first-order chi connectivity index (χ1) is 10.3. The fourth-order valence-electron chi connectivity index (χ4n) is 2.84. The van der Waals surface area contributed by atoms with Gasteiger partial charge < -0.3 is 15.2 Å². The summed E-state index contributed by atoms with van der Waals surface area (Å²) in [5.74, 6) is 0.931. The summed E-state index contributed by atoms with van der Waals surface area (Å²) in [6, 6.07) is 18.7. The second-order valence-corrected chi connectivity index (χ2v) is 5.59. The maximum atomic E-state index is 9.30. The Hall–Kier alpha value is -1.84. The highest BCUT2D eigenvalue weighted by molar-refractivity contribution is 5.39. The molecular weight excluding hydrogens is 262 g/mol. The Morgan fingerprint density at radius 1 is 1.14 bits per heavy atom. The van der Waals surface area contributed by atoms with Gasteiger partial charge in [-0.05, 0) is 18.6 Å². The Balaban J connectivity index is 1.89. The van der Waals surface area contributed by atoms with Gasteiger partial charge in [0.1, 0.15) is 11.9 Å². The SMILES string of the molecule is C[C@H](CO)N[C@@H]1C[C@H](c2ccccc2)Oc2ccccc21. The molecular formula is C18H21NO2. The zero-order valence-electron chi connectivity index (χ0n) is 12.2. The van der Waals surface area contributed by atoms with E-state index in [9.17, 15) is 5.11 Å². The van der Waals surface area contributed by atoms with Gasteiger partial charge in [-0.1, -0.05) is 48.5 Å². The summed E-state index contributed by atoms with van der Waals surface area (Å²) in [5.41, 5.74) is 2.36. The summed E-state index contributed by atoms with van der Waals surface area (Å²) in [4.78, 5) is 0. The molecule has 3 rings (SSSR count). The predicted molar refractivity (Wildman–Crippen MR) is 83.3 cm³/mol. The largest absolute Gasteiger partial charge is 0.485 e. The maximum absolute atomic E-state index is 9.30. The summed E-state index contributed by atoms with van der Waals surface area (Å²) in [7, 11) is 0. The zero-order valence-corrected chi connectivity index (χ0v) is 12.2. The van der Waals surface area contributed by atoms with Crippen molar-refractivity contribution in [2.24, 2.45) is 0 Å². The van der Waals surface area contributed by atoms with Crippen molar-refractivity contribution in [1.29, 1.82) is 0 Å². The summed E-state index contributed by atoms with van der Waals surface area (Å²) in [6.07, 6.45) is 0.912. The molecule has 21 heavy (non-hydrogen) atoms. The first kappa shape index (κ1) is 14.1. The molecule has 0 amide bonds. The number of fused-ring (bicyclic) bond motifs is 1. The highest BCUT2D eigenvalue weighted by Gasteiger charge is 2.29. The van der Waals surface area contributed by atoms with E-state index in [1.165, 1.54) is 11.1 Å². The fraction of sp³-hybridized carbons (Fsp3) is 0.333. The van der Waals surface area contributed by atoms with Crippen LogP contribution in [-0.4, -0.2) is 17.8 Å². The molecule has 3 heteroatoms. The van der Waals surface area contributed by atoms with E-state index in [4.69, 9.17) is 4.74 Å². The van der Waals surface area contributed by atoms with Gasteiger partial charge >= 0.3 is 0 Å². The van der Waals surface area contributed by atoms with Gasteiger partial charge in [0.15, 0.2) is 0 Å². The second-order valence-electron chi connectivity index (χ2n) is 5.59. The van der Waals surface area contributed by atoms with Crippen molar-refractivity contribution in [2.75, 3.05) is 6.61 Å². The quantitative estimate of drug-likeness (QED) is 0.905. The Morgan fingerprint density at radius 3 is 2.62 bits per heavy atom. The van der Waals surface area contributed by atoms with Crippen LogP contribution in [0.4, 0.5) is 0 Å². The van der Waals surface area contributed by atoms with E-state index in [2.05, 4.69) is 23.5 Å². The van der Waals surface area contributed by atoms with Crippen LogP contribution >= 0.6 is 0 Å². The van der Waals surface area contributed by atoms with Gasteiger partial charge in [0.2, 0.25) is 0 Å². The van der Waals surface area contributed by atoms with Crippen molar-refractivity contribution in [3.8, 4) is 5.75 Å². The number of benzene rings is 2. The number of aliphatic hydroxyl groups excluding tert-OH is 1. The standard InChI is InChI=1S/C18H21NO2/c1-13(12-20)19-16-11-18(14-7-3-2-4-8-14)21-17-10-6-5-9-15(16)17/h2-10,13,16,18-20H,11-12H2,1H3/t13-,16-,18-/m1/s1. The molecule has 0 aliphatic carbocycles. The lowest BCUT2D eigenvalue weighted by molar-refractivity contribution is 0.141. The lowest BCUT2D eigenvalue weighted by Crippen LogP contribution is -2.36. The lowest BCUT2D eigenvalue weighted by atomic mass is 9.92. The molecule has 0 spiro atoms. The summed E-state index contributed by atoms with van der Waals surface area (Å²) >= 11 is 0. The molecule has 3 nitrogen and oxygen atoms in total. The van der Waals surface area contributed by atoms with Crippen LogP contribution in [0.3, 0.4) is 0 Å². The summed E-state index contributed by atoms with van der Waals surface area (Å²) in [5, 5.41) is 12.8. The number of rotatable bonds is 4. The van der Waals surface area contributed by atoms with Gasteiger partial charge in [0.25, 0.3) is 0 Å². The average Bonchev–Trinajstić information content (AvgIpc) is 2.55. The molecule has 0 bridgehead atoms.